The Morgan fingerprint density at radius 1 is 1.22 bits per heavy atom. The molecule has 2 aromatic carbocycles. The van der Waals surface area contributed by atoms with E-state index in [2.05, 4.69) is 20.7 Å². The van der Waals surface area contributed by atoms with Gasteiger partial charge >= 0.3 is 0 Å². The first-order chi connectivity index (χ1) is 21.6. The number of anilines is 1. The number of benzene rings is 2. The zero-order valence-corrected chi connectivity index (χ0v) is 27.0. The third kappa shape index (κ3) is 5.70. The summed E-state index contributed by atoms with van der Waals surface area (Å²) in [6.07, 6.45) is 3.07. The summed E-state index contributed by atoms with van der Waals surface area (Å²) in [7, 11) is 4.56. The van der Waals surface area contributed by atoms with E-state index in [0.717, 1.165) is 4.90 Å². The van der Waals surface area contributed by atoms with Crippen molar-refractivity contribution in [3.8, 4) is 17.2 Å². The van der Waals surface area contributed by atoms with E-state index in [-0.39, 0.29) is 64.5 Å². The second-order valence-electron chi connectivity index (χ2n) is 10.8. The van der Waals surface area contributed by atoms with Crippen LogP contribution in [-0.4, -0.2) is 76.5 Å². The maximum Gasteiger partial charge on any atom is 0.231 e. The first-order valence-corrected chi connectivity index (χ1v) is 15.8. The smallest absolute Gasteiger partial charge is 0.231 e. The first kappa shape index (κ1) is 32.2. The summed E-state index contributed by atoms with van der Waals surface area (Å²) in [6.45, 7) is 2.30. The molecule has 2 aliphatic rings. The van der Waals surface area contributed by atoms with Crippen LogP contribution in [0.15, 0.2) is 52.9 Å². The highest BCUT2D eigenvalue weighted by molar-refractivity contribution is 7.98. The lowest BCUT2D eigenvalue weighted by atomic mass is 9.69. The number of fused-ring (bicyclic) bond motifs is 1. The van der Waals surface area contributed by atoms with E-state index in [0.29, 0.717) is 18.1 Å². The third-order valence-electron chi connectivity index (χ3n) is 8.21. The van der Waals surface area contributed by atoms with Crippen LogP contribution >= 0.6 is 23.4 Å². The number of halogens is 1. The largest absolute Gasteiger partial charge is 0.507 e. The van der Waals surface area contributed by atoms with Gasteiger partial charge in [0.05, 0.1) is 14.2 Å². The van der Waals surface area contributed by atoms with Crippen LogP contribution in [0, 0.1) is 5.92 Å². The number of hydrogen-bond donors (Lipinski definition) is 3. The Morgan fingerprint density at radius 2 is 1.93 bits per heavy atom. The molecule has 1 aliphatic heterocycles. The zero-order chi connectivity index (χ0) is 32.5. The van der Waals surface area contributed by atoms with Crippen molar-refractivity contribution in [2.24, 2.45) is 13.0 Å². The van der Waals surface area contributed by atoms with Crippen LogP contribution in [0.2, 0.25) is 5.02 Å². The highest BCUT2D eigenvalue weighted by Crippen LogP contribution is 2.55. The van der Waals surface area contributed by atoms with Crippen molar-refractivity contribution in [1.82, 2.24) is 20.1 Å². The number of nitrogens with zero attached hydrogens (tertiary/aromatic N) is 3. The molecule has 1 spiro atoms. The molecule has 1 amide bonds. The minimum Gasteiger partial charge on any atom is -0.507 e. The zero-order valence-electron chi connectivity index (χ0n) is 25.5. The van der Waals surface area contributed by atoms with Crippen molar-refractivity contribution in [1.29, 1.82) is 0 Å². The Hall–Kier alpha value is -4.23. The second kappa shape index (κ2) is 13.0. The molecule has 3 N–H and O–H groups in total. The number of ether oxygens (including phenoxy) is 3. The van der Waals surface area contributed by atoms with Crippen molar-refractivity contribution in [2.45, 2.75) is 36.2 Å². The number of methoxy groups -OCH3 is 2. The van der Waals surface area contributed by atoms with Gasteiger partial charge in [-0.05, 0) is 24.0 Å². The predicted molar refractivity (Wildman–Crippen MR) is 169 cm³/mol. The van der Waals surface area contributed by atoms with Gasteiger partial charge in [0.15, 0.2) is 17.3 Å². The van der Waals surface area contributed by atoms with Crippen molar-refractivity contribution < 1.29 is 33.7 Å². The Morgan fingerprint density at radius 3 is 2.56 bits per heavy atom. The molecular weight excluding hydrogens is 622 g/mol. The minimum absolute atomic E-state index is 0.000931. The van der Waals surface area contributed by atoms with Gasteiger partial charge in [-0.15, -0.1) is 11.8 Å². The number of ketones is 2. The molecule has 0 saturated carbocycles. The Labute approximate surface area is 269 Å². The van der Waals surface area contributed by atoms with Gasteiger partial charge in [0, 0.05) is 61.3 Å². The maximum atomic E-state index is 14.2. The number of carbonyl (C=O) groups excluding carboxylic acids is 3. The van der Waals surface area contributed by atoms with Crippen LogP contribution in [0.1, 0.15) is 41.6 Å². The number of rotatable bonds is 11. The summed E-state index contributed by atoms with van der Waals surface area (Å²) >= 11 is 8.12. The lowest BCUT2D eigenvalue weighted by molar-refractivity contribution is -0.121. The van der Waals surface area contributed by atoms with Gasteiger partial charge in [-0.25, -0.2) is 4.68 Å². The molecule has 1 aliphatic carbocycles. The monoisotopic (exact) mass is 655 g/mol. The van der Waals surface area contributed by atoms with E-state index in [1.54, 1.807) is 30.4 Å². The van der Waals surface area contributed by atoms with Gasteiger partial charge in [0.2, 0.25) is 23.2 Å². The standard InChI is InChI=1S/C31H34ClN5O7S/c1-16-12-20(38)24(28(40)31(16)29(41)25-21(42-3)14-22(43-4)26(32)27(25)44-31)19(17-6-8-18(45-5)9-7-17)13-23(39)33-10-11-34-30-35-15-36-37(30)2/h6-9,14-16,19,40H,10-13H2,1-5H3,(H,33,39)(H,34,35,36)/t16-,19?,31+/m1/s1. The first-order valence-electron chi connectivity index (χ1n) is 14.2. The SMILES string of the molecule is COc1cc(OC)c2c(c1Cl)O[C@]1(C2=O)C(O)=C(C(CC(=O)NCCNc2ncnn2C)c2ccc(SC)cc2)C(=O)C[C@H]1C. The number of aliphatic hydroxyl groups is 1. The number of aromatic nitrogens is 3. The van der Waals surface area contributed by atoms with Gasteiger partial charge < -0.3 is 30.0 Å². The number of hydrogen-bond acceptors (Lipinski definition) is 11. The van der Waals surface area contributed by atoms with Crippen LogP contribution < -0.4 is 24.8 Å². The van der Waals surface area contributed by atoms with Crippen molar-refractivity contribution in [2.75, 3.05) is 38.9 Å². The van der Waals surface area contributed by atoms with E-state index >= 15 is 0 Å². The molecule has 3 atom stereocenters. The molecule has 0 bridgehead atoms. The van der Waals surface area contributed by atoms with Crippen molar-refractivity contribution in [3.05, 3.63) is 64.1 Å². The van der Waals surface area contributed by atoms with Gasteiger partial charge in [0.25, 0.3) is 0 Å². The van der Waals surface area contributed by atoms with Crippen LogP contribution in [0.5, 0.6) is 17.2 Å². The molecule has 1 unspecified atom stereocenters. The fourth-order valence-corrected chi connectivity index (χ4v) is 6.52. The molecule has 45 heavy (non-hydrogen) atoms. The number of carbonyl (C=O) groups is 3. The summed E-state index contributed by atoms with van der Waals surface area (Å²) in [5.74, 6) is -2.59. The summed E-state index contributed by atoms with van der Waals surface area (Å²) < 4.78 is 18.7. The van der Waals surface area contributed by atoms with Crippen LogP contribution in [0.4, 0.5) is 5.95 Å². The average molecular weight is 656 g/mol. The molecule has 5 rings (SSSR count). The molecule has 0 fully saturated rings. The van der Waals surface area contributed by atoms with Crippen LogP contribution in [-0.2, 0) is 16.6 Å². The summed E-state index contributed by atoms with van der Waals surface area (Å²) in [5.41, 5.74) is -1.34. The van der Waals surface area contributed by atoms with Crippen molar-refractivity contribution in [3.63, 3.8) is 0 Å². The van der Waals surface area contributed by atoms with Crippen LogP contribution in [0.3, 0.4) is 0 Å². The summed E-state index contributed by atoms with van der Waals surface area (Å²) in [5, 5.41) is 22.0. The van der Waals surface area contributed by atoms with Crippen molar-refractivity contribution >= 4 is 46.8 Å². The van der Waals surface area contributed by atoms with Gasteiger partial charge in [-0.3, -0.25) is 14.4 Å². The molecule has 2 heterocycles. The molecule has 0 radical (unpaired) electrons. The van der Waals surface area contributed by atoms with E-state index in [1.807, 2.05) is 30.5 Å². The topological polar surface area (TPSA) is 154 Å². The number of nitrogens with one attached hydrogen (secondary N) is 2. The normalized spacial score (nSPS) is 19.7. The molecule has 1 aromatic heterocycles. The predicted octanol–water partition coefficient (Wildman–Crippen LogP) is 4.34. The van der Waals surface area contributed by atoms with E-state index in [9.17, 15) is 19.5 Å². The highest BCUT2D eigenvalue weighted by atomic mass is 35.5. The number of aliphatic hydroxyl groups excluding tert-OH is 1. The Kier molecular flexibility index (Phi) is 9.31. The third-order valence-corrected chi connectivity index (χ3v) is 9.31. The average Bonchev–Trinajstić information content (AvgIpc) is 3.59. The molecule has 238 valence electrons. The molecule has 14 heteroatoms. The van der Waals surface area contributed by atoms with Gasteiger partial charge in [-0.1, -0.05) is 30.7 Å². The maximum absolute atomic E-state index is 14.2. The number of thioether (sulfide) groups is 1. The fraction of sp³-hybridized carbons (Fsp3) is 0.387. The molecule has 0 saturated heterocycles. The van der Waals surface area contributed by atoms with Gasteiger partial charge in [-0.2, -0.15) is 10.1 Å². The molecule has 12 nitrogen and oxygen atoms in total. The quantitative estimate of drug-likeness (QED) is 0.200. The van der Waals surface area contributed by atoms with Gasteiger partial charge in [0.1, 0.15) is 28.4 Å². The highest BCUT2D eigenvalue weighted by Gasteiger charge is 2.61. The number of amides is 1. The fourth-order valence-electron chi connectivity index (χ4n) is 5.85. The lowest BCUT2D eigenvalue weighted by Crippen LogP contribution is -2.53. The van der Waals surface area contributed by atoms with E-state index in [4.69, 9.17) is 25.8 Å². The Bertz CT molecular complexity index is 1680. The number of allylic oxidation sites excluding steroid dienone is 1. The summed E-state index contributed by atoms with van der Waals surface area (Å²) in [4.78, 5) is 46.4. The van der Waals surface area contributed by atoms with Crippen LogP contribution in [0.25, 0.3) is 0 Å². The Balaban J connectivity index is 1.52. The number of Topliss-reactive ketones (excluding diaryl/α,β-unsaturated/α-hetero) is 2. The summed E-state index contributed by atoms with van der Waals surface area (Å²) in [6, 6.07) is 8.86. The molecule has 3 aromatic rings. The van der Waals surface area contributed by atoms with E-state index in [1.165, 1.54) is 26.6 Å². The lowest BCUT2D eigenvalue weighted by Gasteiger charge is -2.38. The second-order valence-corrected chi connectivity index (χ2v) is 12.0. The van der Waals surface area contributed by atoms with E-state index < -0.39 is 29.0 Å². The molecular formula is C31H34ClN5O7S. The minimum atomic E-state index is -1.96. The number of aryl methyl sites for hydroxylation is 1.